The third-order valence-corrected chi connectivity index (χ3v) is 2.57. The molecule has 19 heavy (non-hydrogen) atoms. The van der Waals surface area contributed by atoms with Crippen LogP contribution < -0.4 is 10.5 Å². The molecule has 0 aliphatic carbocycles. The summed E-state index contributed by atoms with van der Waals surface area (Å²) in [5, 5.41) is 0. The lowest BCUT2D eigenvalue weighted by molar-refractivity contribution is 0.295. The molecule has 0 spiro atoms. The van der Waals surface area contributed by atoms with Crippen molar-refractivity contribution in [2.24, 2.45) is 5.92 Å². The van der Waals surface area contributed by atoms with Crippen molar-refractivity contribution >= 4 is 5.82 Å². The zero-order chi connectivity index (χ0) is 13.7. The Morgan fingerprint density at radius 3 is 2.58 bits per heavy atom. The molecule has 0 amide bonds. The largest absolute Gasteiger partial charge is 0.486 e. The van der Waals surface area contributed by atoms with Gasteiger partial charge in [0.25, 0.3) is 0 Å². The van der Waals surface area contributed by atoms with Gasteiger partial charge in [0.15, 0.2) is 5.82 Å². The fourth-order valence-electron chi connectivity index (χ4n) is 1.83. The summed E-state index contributed by atoms with van der Waals surface area (Å²) in [5.41, 5.74) is 6.76. The SMILES string of the molecule is CC(C)Cc1cc(N)nc(COc2ccccc2)n1. The highest BCUT2D eigenvalue weighted by atomic mass is 16.5. The summed E-state index contributed by atoms with van der Waals surface area (Å²) < 4.78 is 5.63. The fourth-order valence-corrected chi connectivity index (χ4v) is 1.83. The molecule has 0 radical (unpaired) electrons. The maximum Gasteiger partial charge on any atom is 0.168 e. The second-order valence-corrected chi connectivity index (χ2v) is 4.90. The molecule has 2 aromatic rings. The number of aromatic nitrogens is 2. The predicted molar refractivity (Wildman–Crippen MR) is 75.8 cm³/mol. The van der Waals surface area contributed by atoms with E-state index in [4.69, 9.17) is 10.5 Å². The molecule has 0 fully saturated rings. The molecular formula is C15H19N3O. The van der Waals surface area contributed by atoms with E-state index in [1.165, 1.54) is 0 Å². The molecule has 4 nitrogen and oxygen atoms in total. The first kappa shape index (κ1) is 13.3. The summed E-state index contributed by atoms with van der Waals surface area (Å²) in [6.07, 6.45) is 0.894. The number of anilines is 1. The Balaban J connectivity index is 2.05. The fraction of sp³-hybridized carbons (Fsp3) is 0.333. The number of nitrogens with two attached hydrogens (primary N) is 1. The van der Waals surface area contributed by atoms with Crippen molar-refractivity contribution in [3.63, 3.8) is 0 Å². The van der Waals surface area contributed by atoms with Crippen molar-refractivity contribution < 1.29 is 4.74 Å². The lowest BCUT2D eigenvalue weighted by Gasteiger charge is -2.09. The second kappa shape index (κ2) is 6.18. The first-order chi connectivity index (χ1) is 9.13. The quantitative estimate of drug-likeness (QED) is 0.894. The van der Waals surface area contributed by atoms with Gasteiger partial charge in [0.2, 0.25) is 0 Å². The van der Waals surface area contributed by atoms with Gasteiger partial charge in [-0.3, -0.25) is 0 Å². The van der Waals surface area contributed by atoms with Crippen LogP contribution in [0.5, 0.6) is 5.75 Å². The Hall–Kier alpha value is -2.10. The highest BCUT2D eigenvalue weighted by Crippen LogP contribution is 2.12. The minimum atomic E-state index is 0.333. The van der Waals surface area contributed by atoms with Crippen molar-refractivity contribution in [1.29, 1.82) is 0 Å². The molecule has 1 aromatic carbocycles. The molecule has 0 unspecified atom stereocenters. The van der Waals surface area contributed by atoms with Crippen LogP contribution in [0.1, 0.15) is 25.4 Å². The van der Waals surface area contributed by atoms with E-state index in [0.717, 1.165) is 17.9 Å². The summed E-state index contributed by atoms with van der Waals surface area (Å²) in [6.45, 7) is 4.64. The van der Waals surface area contributed by atoms with Gasteiger partial charge in [0, 0.05) is 11.8 Å². The molecule has 100 valence electrons. The van der Waals surface area contributed by atoms with Crippen molar-refractivity contribution in [2.45, 2.75) is 26.9 Å². The van der Waals surface area contributed by atoms with E-state index < -0.39 is 0 Å². The molecule has 4 heteroatoms. The van der Waals surface area contributed by atoms with Crippen LogP contribution in [0.2, 0.25) is 0 Å². The average Bonchev–Trinajstić information content (AvgIpc) is 2.36. The van der Waals surface area contributed by atoms with Crippen LogP contribution in [0.25, 0.3) is 0 Å². The average molecular weight is 257 g/mol. The maximum atomic E-state index is 5.80. The van der Waals surface area contributed by atoms with Crippen LogP contribution in [0.15, 0.2) is 36.4 Å². The topological polar surface area (TPSA) is 61.0 Å². The highest BCUT2D eigenvalue weighted by Gasteiger charge is 2.05. The molecule has 0 bridgehead atoms. The zero-order valence-electron chi connectivity index (χ0n) is 11.3. The molecule has 0 aliphatic rings. The number of hydrogen-bond donors (Lipinski definition) is 1. The van der Waals surface area contributed by atoms with Gasteiger partial charge in [0.05, 0.1) is 0 Å². The number of benzene rings is 1. The Morgan fingerprint density at radius 2 is 1.89 bits per heavy atom. The number of hydrogen-bond acceptors (Lipinski definition) is 4. The summed E-state index contributed by atoms with van der Waals surface area (Å²) in [5.74, 6) is 2.47. The summed E-state index contributed by atoms with van der Waals surface area (Å²) in [6, 6.07) is 11.4. The third-order valence-electron chi connectivity index (χ3n) is 2.57. The van der Waals surface area contributed by atoms with Crippen molar-refractivity contribution in [3.8, 4) is 5.75 Å². The van der Waals surface area contributed by atoms with Gasteiger partial charge in [-0.05, 0) is 24.5 Å². The van der Waals surface area contributed by atoms with E-state index >= 15 is 0 Å². The van der Waals surface area contributed by atoms with Crippen LogP contribution in [0, 0.1) is 5.92 Å². The Bertz CT molecular complexity index is 526. The zero-order valence-corrected chi connectivity index (χ0v) is 11.3. The summed E-state index contributed by atoms with van der Waals surface area (Å²) >= 11 is 0. The number of para-hydroxylation sites is 1. The van der Waals surface area contributed by atoms with E-state index in [1.54, 1.807) is 0 Å². The van der Waals surface area contributed by atoms with Gasteiger partial charge in [-0.15, -0.1) is 0 Å². The predicted octanol–water partition coefficient (Wildman–Crippen LogP) is 2.84. The minimum Gasteiger partial charge on any atom is -0.486 e. The standard InChI is InChI=1S/C15H19N3O/c1-11(2)8-12-9-14(16)18-15(17-12)10-19-13-6-4-3-5-7-13/h3-7,9,11H,8,10H2,1-2H3,(H2,16,17,18). The lowest BCUT2D eigenvalue weighted by Crippen LogP contribution is -2.08. The smallest absolute Gasteiger partial charge is 0.168 e. The Morgan fingerprint density at radius 1 is 1.16 bits per heavy atom. The van der Waals surface area contributed by atoms with Gasteiger partial charge >= 0.3 is 0 Å². The number of rotatable bonds is 5. The first-order valence-electron chi connectivity index (χ1n) is 6.43. The van der Waals surface area contributed by atoms with Gasteiger partial charge in [0.1, 0.15) is 18.2 Å². The van der Waals surface area contributed by atoms with E-state index in [2.05, 4.69) is 23.8 Å². The molecule has 2 rings (SSSR count). The first-order valence-corrected chi connectivity index (χ1v) is 6.43. The van der Waals surface area contributed by atoms with Gasteiger partial charge in [-0.2, -0.15) is 0 Å². The van der Waals surface area contributed by atoms with Gasteiger partial charge in [-0.25, -0.2) is 9.97 Å². The van der Waals surface area contributed by atoms with Crippen molar-refractivity contribution in [2.75, 3.05) is 5.73 Å². The summed E-state index contributed by atoms with van der Waals surface area (Å²) in [7, 11) is 0. The van der Waals surface area contributed by atoms with Crippen LogP contribution in [0.3, 0.4) is 0 Å². The van der Waals surface area contributed by atoms with Crippen LogP contribution in [0.4, 0.5) is 5.82 Å². The lowest BCUT2D eigenvalue weighted by atomic mass is 10.1. The normalized spacial score (nSPS) is 10.7. The summed E-state index contributed by atoms with van der Waals surface area (Å²) in [4.78, 5) is 8.67. The van der Waals surface area contributed by atoms with Crippen LogP contribution in [-0.2, 0) is 13.0 Å². The molecule has 1 aromatic heterocycles. The molecule has 0 saturated carbocycles. The van der Waals surface area contributed by atoms with Gasteiger partial charge < -0.3 is 10.5 Å². The second-order valence-electron chi connectivity index (χ2n) is 4.90. The van der Waals surface area contributed by atoms with Crippen molar-refractivity contribution in [3.05, 3.63) is 47.9 Å². The third kappa shape index (κ3) is 4.25. The highest BCUT2D eigenvalue weighted by molar-refractivity contribution is 5.30. The van der Waals surface area contributed by atoms with Crippen LogP contribution in [-0.4, -0.2) is 9.97 Å². The minimum absolute atomic E-state index is 0.333. The Labute approximate surface area is 113 Å². The van der Waals surface area contributed by atoms with Gasteiger partial charge in [-0.1, -0.05) is 32.0 Å². The molecule has 0 atom stereocenters. The molecule has 0 aliphatic heterocycles. The Kier molecular flexibility index (Phi) is 4.34. The van der Waals surface area contributed by atoms with E-state index in [9.17, 15) is 0 Å². The van der Waals surface area contributed by atoms with E-state index in [-0.39, 0.29) is 0 Å². The van der Waals surface area contributed by atoms with E-state index in [1.807, 2.05) is 36.4 Å². The van der Waals surface area contributed by atoms with Crippen molar-refractivity contribution in [1.82, 2.24) is 9.97 Å². The molecule has 2 N–H and O–H groups in total. The van der Waals surface area contributed by atoms with Crippen LogP contribution >= 0.6 is 0 Å². The number of nitrogen functional groups attached to an aromatic ring is 1. The van der Waals surface area contributed by atoms with E-state index in [0.29, 0.717) is 24.2 Å². The number of nitrogens with zero attached hydrogens (tertiary/aromatic N) is 2. The molecule has 1 heterocycles. The molecular weight excluding hydrogens is 238 g/mol. The maximum absolute atomic E-state index is 5.80. The molecule has 0 saturated heterocycles. The monoisotopic (exact) mass is 257 g/mol. The number of ether oxygens (including phenoxy) is 1.